The molecule has 3 saturated heterocycles. The van der Waals surface area contributed by atoms with E-state index in [-0.39, 0.29) is 35.2 Å². The second-order valence-electron chi connectivity index (χ2n) is 14.1. The third kappa shape index (κ3) is 4.95. The Morgan fingerprint density at radius 3 is 2.47 bits per heavy atom. The minimum atomic E-state index is -0.740. The molecule has 2 aromatic heterocycles. The number of hydrogen-bond acceptors (Lipinski definition) is 7. The number of fused-ring (bicyclic) bond motifs is 4. The normalized spacial score (nSPS) is 22.0. The number of aromatic nitrogens is 3. The molecule has 252 valence electrons. The minimum absolute atomic E-state index is 0.0583. The predicted molar refractivity (Wildman–Crippen MR) is 181 cm³/mol. The van der Waals surface area contributed by atoms with Gasteiger partial charge in [0.15, 0.2) is 5.82 Å². The van der Waals surface area contributed by atoms with Crippen molar-refractivity contribution in [1.29, 1.82) is 0 Å². The molecular formula is C37H38FN7O4. The quantitative estimate of drug-likeness (QED) is 0.248. The largest absolute Gasteiger partial charge is 0.508 e. The fourth-order valence-corrected chi connectivity index (χ4v) is 8.01. The second-order valence-corrected chi connectivity index (χ2v) is 14.1. The van der Waals surface area contributed by atoms with E-state index in [4.69, 9.17) is 15.5 Å². The van der Waals surface area contributed by atoms with Gasteiger partial charge in [-0.25, -0.2) is 14.4 Å². The summed E-state index contributed by atoms with van der Waals surface area (Å²) in [5.74, 6) is 0.802. The number of nitrogens with two attached hydrogens (primary N) is 1. The molecule has 5 aromatic rings. The van der Waals surface area contributed by atoms with E-state index < -0.39 is 11.7 Å². The number of benzene rings is 3. The first-order valence-electron chi connectivity index (χ1n) is 17.1. The van der Waals surface area contributed by atoms with Crippen LogP contribution < -0.4 is 10.5 Å². The van der Waals surface area contributed by atoms with Crippen LogP contribution in [0.2, 0.25) is 0 Å². The van der Waals surface area contributed by atoms with Gasteiger partial charge in [0.05, 0.1) is 30.0 Å². The molecule has 2 bridgehead atoms. The maximum Gasteiger partial charge on any atom is 0.268 e. The molecule has 2 amide bonds. The van der Waals surface area contributed by atoms with Crippen molar-refractivity contribution in [3.05, 3.63) is 77.6 Å². The molecule has 0 radical (unpaired) electrons. The van der Waals surface area contributed by atoms with Crippen LogP contribution in [0.4, 0.5) is 4.39 Å². The number of likely N-dealkylation sites (tertiary alicyclic amines) is 1. The molecule has 2 unspecified atom stereocenters. The number of carbonyl (C=O) groups is 2. The molecular weight excluding hydrogens is 625 g/mol. The summed E-state index contributed by atoms with van der Waals surface area (Å²) in [5.41, 5.74) is 10.4. The van der Waals surface area contributed by atoms with E-state index in [1.165, 1.54) is 25.0 Å². The number of phenols is 1. The van der Waals surface area contributed by atoms with E-state index in [2.05, 4.69) is 33.4 Å². The Labute approximate surface area is 282 Å². The summed E-state index contributed by atoms with van der Waals surface area (Å²) in [7, 11) is 1.61. The Morgan fingerprint density at radius 2 is 1.76 bits per heavy atom. The Morgan fingerprint density at radius 1 is 0.959 bits per heavy atom. The van der Waals surface area contributed by atoms with Crippen molar-refractivity contribution in [1.82, 2.24) is 29.0 Å². The van der Waals surface area contributed by atoms with E-state index in [0.717, 1.165) is 53.5 Å². The zero-order valence-corrected chi connectivity index (χ0v) is 27.3. The van der Waals surface area contributed by atoms with Gasteiger partial charge in [-0.2, -0.15) is 0 Å². The molecule has 3 aromatic carbocycles. The summed E-state index contributed by atoms with van der Waals surface area (Å²) >= 11 is 0. The van der Waals surface area contributed by atoms with Gasteiger partial charge in [-0.15, -0.1) is 0 Å². The van der Waals surface area contributed by atoms with Gasteiger partial charge in [0.2, 0.25) is 0 Å². The summed E-state index contributed by atoms with van der Waals surface area (Å²) in [6.07, 6.45) is 3.25. The highest BCUT2D eigenvalue weighted by Gasteiger charge is 2.45. The van der Waals surface area contributed by atoms with Crippen molar-refractivity contribution in [2.45, 2.75) is 38.5 Å². The molecule has 3 atom stereocenters. The highest BCUT2D eigenvalue weighted by molar-refractivity contribution is 6.00. The Hall–Kier alpha value is -4.94. The number of amides is 2. The average molecular weight is 664 g/mol. The predicted octanol–water partition coefficient (Wildman–Crippen LogP) is 4.67. The van der Waals surface area contributed by atoms with Gasteiger partial charge >= 0.3 is 0 Å². The number of nitrogens with zero attached hydrogens (tertiary/aromatic N) is 6. The van der Waals surface area contributed by atoms with Crippen LogP contribution in [0, 0.1) is 23.6 Å². The topological polar surface area (TPSA) is 122 Å². The van der Waals surface area contributed by atoms with Crippen LogP contribution in [0.3, 0.4) is 0 Å². The lowest BCUT2D eigenvalue weighted by atomic mass is 9.98. The number of rotatable bonds is 8. The van der Waals surface area contributed by atoms with Gasteiger partial charge in [-0.05, 0) is 61.6 Å². The van der Waals surface area contributed by atoms with Gasteiger partial charge in [0.1, 0.15) is 22.8 Å². The van der Waals surface area contributed by atoms with Crippen molar-refractivity contribution in [2.24, 2.45) is 23.5 Å². The molecule has 4 fully saturated rings. The number of phenolic OH excluding ortho intramolecular Hbond substituents is 1. The fourth-order valence-electron chi connectivity index (χ4n) is 8.01. The van der Waals surface area contributed by atoms with Gasteiger partial charge in [0, 0.05) is 73.6 Å². The van der Waals surface area contributed by atoms with Gasteiger partial charge in [0.25, 0.3) is 11.8 Å². The number of imidazole rings is 1. The highest BCUT2D eigenvalue weighted by Crippen LogP contribution is 2.40. The summed E-state index contributed by atoms with van der Waals surface area (Å²) in [6, 6.07) is 17.8. The summed E-state index contributed by atoms with van der Waals surface area (Å²) < 4.78 is 25.0. The van der Waals surface area contributed by atoms with Crippen molar-refractivity contribution in [2.75, 3.05) is 33.3 Å². The summed E-state index contributed by atoms with van der Waals surface area (Å²) in [6.45, 7) is 3.68. The standard InChI is InChI=1S/C37H38FN7O4/c1-49-32-14-25(36(47)45-20-24-10-11-44(45)34(24)39)12-29-33(32)43(19-22-16-41(17-22)37(48)27-9-8-26(46)15-28(27)38)35(40-29)31-13-23-4-2-3-5-30(23)42(31)18-21-6-7-21/h2-5,8-9,12-15,21-22,24,34,46H,6-7,10-11,16-20,39H2,1H3/t24?,34-/m0/s1. The van der Waals surface area contributed by atoms with E-state index in [1.54, 1.807) is 23.1 Å². The van der Waals surface area contributed by atoms with E-state index in [1.807, 2.05) is 17.1 Å². The van der Waals surface area contributed by atoms with Crippen molar-refractivity contribution in [3.63, 3.8) is 0 Å². The third-order valence-electron chi connectivity index (χ3n) is 10.8. The molecule has 9 rings (SSSR count). The fraction of sp³-hybridized carbons (Fsp3) is 0.378. The van der Waals surface area contributed by atoms with Crippen LogP contribution in [-0.4, -0.2) is 85.4 Å². The van der Waals surface area contributed by atoms with Crippen LogP contribution in [0.15, 0.2) is 60.7 Å². The first-order chi connectivity index (χ1) is 23.8. The van der Waals surface area contributed by atoms with Gasteiger partial charge in [-0.1, -0.05) is 18.2 Å². The lowest BCUT2D eigenvalue weighted by Gasteiger charge is -2.40. The van der Waals surface area contributed by atoms with Crippen LogP contribution in [-0.2, 0) is 13.1 Å². The molecule has 5 heterocycles. The lowest BCUT2D eigenvalue weighted by molar-refractivity contribution is 0.00778. The lowest BCUT2D eigenvalue weighted by Crippen LogP contribution is -2.51. The van der Waals surface area contributed by atoms with Crippen molar-refractivity contribution >= 4 is 33.8 Å². The molecule has 11 nitrogen and oxygen atoms in total. The van der Waals surface area contributed by atoms with Crippen LogP contribution in [0.1, 0.15) is 40.0 Å². The number of ether oxygens (including phenoxy) is 1. The first kappa shape index (κ1) is 30.1. The van der Waals surface area contributed by atoms with E-state index in [0.29, 0.717) is 48.9 Å². The number of halogens is 1. The van der Waals surface area contributed by atoms with Gasteiger partial charge < -0.3 is 29.6 Å². The van der Waals surface area contributed by atoms with Crippen molar-refractivity contribution in [3.8, 4) is 23.0 Å². The average Bonchev–Trinajstić information content (AvgIpc) is 3.43. The monoisotopic (exact) mass is 663 g/mol. The zero-order valence-electron chi connectivity index (χ0n) is 27.3. The third-order valence-corrected chi connectivity index (χ3v) is 10.8. The maximum atomic E-state index is 14.5. The zero-order chi connectivity index (χ0) is 33.6. The molecule has 49 heavy (non-hydrogen) atoms. The van der Waals surface area contributed by atoms with E-state index in [9.17, 15) is 19.1 Å². The molecule has 1 aliphatic carbocycles. The molecule has 3 aliphatic heterocycles. The van der Waals surface area contributed by atoms with E-state index >= 15 is 0 Å². The Bertz CT molecular complexity index is 2150. The smallest absolute Gasteiger partial charge is 0.268 e. The summed E-state index contributed by atoms with van der Waals surface area (Å²) in [4.78, 5) is 33.9. The number of hydrazine groups is 1. The van der Waals surface area contributed by atoms with Crippen LogP contribution in [0.25, 0.3) is 33.5 Å². The van der Waals surface area contributed by atoms with Crippen LogP contribution >= 0.6 is 0 Å². The number of para-hydroxylation sites is 1. The van der Waals surface area contributed by atoms with Gasteiger partial charge in [-0.3, -0.25) is 14.6 Å². The second kappa shape index (κ2) is 11.3. The molecule has 4 aliphatic rings. The highest BCUT2D eigenvalue weighted by atomic mass is 19.1. The minimum Gasteiger partial charge on any atom is -0.508 e. The Balaban J connectivity index is 1.11. The number of carbonyl (C=O) groups excluding carboxylic acids is 2. The molecule has 3 N–H and O–H groups in total. The van der Waals surface area contributed by atoms with Crippen LogP contribution in [0.5, 0.6) is 11.5 Å². The number of aromatic hydroxyl groups is 1. The SMILES string of the molecule is COc1cc(C(=O)N2CC3CCN2[C@@H]3N)cc2nc(-c3cc4ccccc4n3CC3CC3)n(CC3CN(C(=O)c4ccc(O)cc4F)C3)c12. The first-order valence-corrected chi connectivity index (χ1v) is 17.1. The maximum absolute atomic E-state index is 14.5. The molecule has 1 saturated carbocycles. The molecule has 12 heteroatoms. The van der Waals surface area contributed by atoms with Crippen molar-refractivity contribution < 1.29 is 23.8 Å². The number of hydrogen-bond donors (Lipinski definition) is 2. The molecule has 0 spiro atoms. The number of methoxy groups -OCH3 is 1. The Kier molecular flexibility index (Phi) is 6.96. The summed E-state index contributed by atoms with van der Waals surface area (Å²) in [5, 5.41) is 14.5.